The van der Waals surface area contributed by atoms with Crippen LogP contribution in [0.5, 0.6) is 0 Å². The minimum atomic E-state index is -3.51. The summed E-state index contributed by atoms with van der Waals surface area (Å²) in [4.78, 5) is 4.56. The second-order valence-corrected chi connectivity index (χ2v) is 8.87. The monoisotopic (exact) mass is 339 g/mol. The number of nitrogens with zero attached hydrogens (tertiary/aromatic N) is 2. The van der Waals surface area contributed by atoms with Crippen molar-refractivity contribution in [3.8, 4) is 0 Å². The smallest absolute Gasteiger partial charge is 0.245 e. The molecule has 0 aliphatic heterocycles. The van der Waals surface area contributed by atoms with Crippen molar-refractivity contribution in [1.29, 1.82) is 0 Å². The van der Waals surface area contributed by atoms with Gasteiger partial charge < -0.3 is 5.32 Å². The SMILES string of the molecule is CC(Nc1ccc(S(=O)(=O)N(C(C)C)C(C)C)cn1)C1CCC1. The van der Waals surface area contributed by atoms with Gasteiger partial charge in [-0.05, 0) is 65.5 Å². The van der Waals surface area contributed by atoms with E-state index >= 15 is 0 Å². The number of aromatic nitrogens is 1. The zero-order valence-electron chi connectivity index (χ0n) is 14.8. The van der Waals surface area contributed by atoms with Gasteiger partial charge in [-0.15, -0.1) is 0 Å². The summed E-state index contributed by atoms with van der Waals surface area (Å²) in [6.45, 7) is 9.72. The summed E-state index contributed by atoms with van der Waals surface area (Å²) in [6, 6.07) is 3.62. The van der Waals surface area contributed by atoms with Crippen LogP contribution in [0.2, 0.25) is 0 Å². The molecule has 5 nitrogen and oxygen atoms in total. The molecular formula is C17H29N3O2S. The van der Waals surface area contributed by atoms with Crippen molar-refractivity contribution < 1.29 is 8.42 Å². The van der Waals surface area contributed by atoms with Gasteiger partial charge in [-0.3, -0.25) is 0 Å². The van der Waals surface area contributed by atoms with E-state index in [9.17, 15) is 8.42 Å². The van der Waals surface area contributed by atoms with E-state index in [-0.39, 0.29) is 17.0 Å². The topological polar surface area (TPSA) is 62.3 Å². The quantitative estimate of drug-likeness (QED) is 0.826. The highest BCUT2D eigenvalue weighted by Crippen LogP contribution is 2.31. The van der Waals surface area contributed by atoms with Gasteiger partial charge in [0.15, 0.2) is 0 Å². The lowest BCUT2D eigenvalue weighted by Crippen LogP contribution is -2.41. The van der Waals surface area contributed by atoms with Crippen molar-refractivity contribution in [2.75, 3.05) is 5.32 Å². The maximum atomic E-state index is 12.8. The molecule has 1 aliphatic rings. The average Bonchev–Trinajstić information content (AvgIpc) is 2.35. The third kappa shape index (κ3) is 4.04. The third-order valence-corrected chi connectivity index (χ3v) is 6.80. The van der Waals surface area contributed by atoms with E-state index in [4.69, 9.17) is 0 Å². The second kappa shape index (κ2) is 7.18. The van der Waals surface area contributed by atoms with Gasteiger partial charge in [0, 0.05) is 24.3 Å². The number of hydrogen-bond donors (Lipinski definition) is 1. The predicted octanol–water partition coefficient (Wildman–Crippen LogP) is 3.49. The highest BCUT2D eigenvalue weighted by atomic mass is 32.2. The van der Waals surface area contributed by atoms with E-state index in [1.807, 2.05) is 27.7 Å². The standard InChI is InChI=1S/C17H29N3O2S/c1-12(2)20(13(3)4)23(21,22)16-9-10-17(18-11-16)19-14(5)15-7-6-8-15/h9-15H,6-8H2,1-5H3,(H,18,19). The predicted molar refractivity (Wildman–Crippen MR) is 94.0 cm³/mol. The molecule has 1 heterocycles. The molecule has 130 valence electrons. The Morgan fingerprint density at radius 1 is 1.13 bits per heavy atom. The Hall–Kier alpha value is -1.14. The van der Waals surface area contributed by atoms with Crippen molar-refractivity contribution in [1.82, 2.24) is 9.29 Å². The van der Waals surface area contributed by atoms with E-state index in [2.05, 4.69) is 17.2 Å². The van der Waals surface area contributed by atoms with Gasteiger partial charge in [0.1, 0.15) is 10.7 Å². The van der Waals surface area contributed by atoms with E-state index in [1.165, 1.54) is 29.8 Å². The molecule has 0 aromatic carbocycles. The van der Waals surface area contributed by atoms with Crippen LogP contribution in [-0.4, -0.2) is 35.8 Å². The van der Waals surface area contributed by atoms with Crippen LogP contribution in [0.3, 0.4) is 0 Å². The number of rotatable bonds is 7. The van der Waals surface area contributed by atoms with Crippen LogP contribution < -0.4 is 5.32 Å². The lowest BCUT2D eigenvalue weighted by atomic mass is 9.80. The Bertz CT molecular complexity index is 599. The number of nitrogens with one attached hydrogen (secondary N) is 1. The molecular weight excluding hydrogens is 310 g/mol. The first-order valence-corrected chi connectivity index (χ1v) is 9.93. The van der Waals surface area contributed by atoms with Gasteiger partial charge in [0.25, 0.3) is 0 Å². The Kier molecular flexibility index (Phi) is 5.68. The maximum absolute atomic E-state index is 12.8. The second-order valence-electron chi connectivity index (χ2n) is 7.03. The van der Waals surface area contributed by atoms with E-state index in [0.717, 1.165) is 5.82 Å². The fraction of sp³-hybridized carbons (Fsp3) is 0.706. The first kappa shape index (κ1) is 18.2. The van der Waals surface area contributed by atoms with Gasteiger partial charge in [-0.2, -0.15) is 4.31 Å². The molecule has 1 saturated carbocycles. The molecule has 0 radical (unpaired) electrons. The lowest BCUT2D eigenvalue weighted by Gasteiger charge is -2.32. The molecule has 1 unspecified atom stereocenters. The van der Waals surface area contributed by atoms with Gasteiger partial charge >= 0.3 is 0 Å². The van der Waals surface area contributed by atoms with E-state index in [0.29, 0.717) is 12.0 Å². The Morgan fingerprint density at radius 3 is 2.13 bits per heavy atom. The summed E-state index contributed by atoms with van der Waals surface area (Å²) in [6.07, 6.45) is 5.29. The van der Waals surface area contributed by atoms with Crippen molar-refractivity contribution in [2.24, 2.45) is 5.92 Å². The first-order chi connectivity index (χ1) is 10.7. The molecule has 1 aromatic rings. The van der Waals surface area contributed by atoms with Gasteiger partial charge in [-0.25, -0.2) is 13.4 Å². The molecule has 1 atom stereocenters. The van der Waals surface area contributed by atoms with Crippen LogP contribution in [-0.2, 0) is 10.0 Å². The van der Waals surface area contributed by atoms with E-state index < -0.39 is 10.0 Å². The molecule has 6 heteroatoms. The van der Waals surface area contributed by atoms with Gasteiger partial charge in [0.05, 0.1) is 0 Å². The molecule has 0 bridgehead atoms. The number of hydrogen-bond acceptors (Lipinski definition) is 4. The summed E-state index contributed by atoms with van der Waals surface area (Å²) < 4.78 is 27.1. The summed E-state index contributed by atoms with van der Waals surface area (Å²) in [5, 5.41) is 3.38. The Labute approximate surface area is 140 Å². The van der Waals surface area contributed by atoms with Crippen molar-refractivity contribution >= 4 is 15.8 Å². The average molecular weight is 340 g/mol. The molecule has 1 aromatic heterocycles. The summed E-state index contributed by atoms with van der Waals surface area (Å²) in [7, 11) is -3.51. The van der Waals surface area contributed by atoms with Crippen molar-refractivity contribution in [2.45, 2.75) is 76.9 Å². The molecule has 1 aliphatic carbocycles. The fourth-order valence-electron chi connectivity index (χ4n) is 3.18. The van der Waals surface area contributed by atoms with Crippen LogP contribution in [0, 0.1) is 5.92 Å². The summed E-state index contributed by atoms with van der Waals surface area (Å²) in [5.41, 5.74) is 0. The molecule has 23 heavy (non-hydrogen) atoms. The lowest BCUT2D eigenvalue weighted by molar-refractivity contribution is 0.285. The summed E-state index contributed by atoms with van der Waals surface area (Å²) in [5.74, 6) is 1.45. The van der Waals surface area contributed by atoms with Crippen LogP contribution in [0.15, 0.2) is 23.2 Å². The normalized spacial score (nSPS) is 17.6. The molecule has 1 N–H and O–H groups in total. The van der Waals surface area contributed by atoms with Gasteiger partial charge in [-0.1, -0.05) is 6.42 Å². The Balaban J connectivity index is 2.14. The van der Waals surface area contributed by atoms with Gasteiger partial charge in [0.2, 0.25) is 10.0 Å². The Morgan fingerprint density at radius 2 is 1.74 bits per heavy atom. The molecule has 0 saturated heterocycles. The first-order valence-electron chi connectivity index (χ1n) is 8.49. The zero-order valence-corrected chi connectivity index (χ0v) is 15.6. The molecule has 0 amide bonds. The minimum Gasteiger partial charge on any atom is -0.367 e. The molecule has 2 rings (SSSR count). The van der Waals surface area contributed by atoms with Crippen LogP contribution in [0.25, 0.3) is 0 Å². The van der Waals surface area contributed by atoms with Crippen LogP contribution in [0.4, 0.5) is 5.82 Å². The fourth-order valence-corrected chi connectivity index (χ4v) is 4.96. The maximum Gasteiger partial charge on any atom is 0.245 e. The van der Waals surface area contributed by atoms with Crippen LogP contribution >= 0.6 is 0 Å². The highest BCUT2D eigenvalue weighted by molar-refractivity contribution is 7.89. The van der Waals surface area contributed by atoms with Crippen LogP contribution in [0.1, 0.15) is 53.9 Å². The summed E-state index contributed by atoms with van der Waals surface area (Å²) >= 11 is 0. The number of sulfonamides is 1. The molecule has 0 spiro atoms. The third-order valence-electron chi connectivity index (χ3n) is 4.56. The number of pyridine rings is 1. The highest BCUT2D eigenvalue weighted by Gasteiger charge is 2.30. The van der Waals surface area contributed by atoms with Crippen molar-refractivity contribution in [3.63, 3.8) is 0 Å². The largest absolute Gasteiger partial charge is 0.367 e. The van der Waals surface area contributed by atoms with E-state index in [1.54, 1.807) is 12.1 Å². The minimum absolute atomic E-state index is 0.0866. The van der Waals surface area contributed by atoms with Crippen molar-refractivity contribution in [3.05, 3.63) is 18.3 Å². The number of anilines is 1. The molecule has 1 fully saturated rings. The zero-order chi connectivity index (χ0) is 17.2.